The van der Waals surface area contributed by atoms with E-state index in [1.807, 2.05) is 13.1 Å². The fourth-order valence-corrected chi connectivity index (χ4v) is 9.42. The molecule has 0 aromatic heterocycles. The van der Waals surface area contributed by atoms with Gasteiger partial charge in [-0.15, -0.1) is 0 Å². The molecule has 8 saturated carbocycles. The first-order valence-electron chi connectivity index (χ1n) is 12.0. The summed E-state index contributed by atoms with van der Waals surface area (Å²) in [4.78, 5) is 25.4. The molecule has 9 aliphatic rings. The van der Waals surface area contributed by atoms with Crippen molar-refractivity contribution < 1.29 is 28.7 Å². The van der Waals surface area contributed by atoms with Gasteiger partial charge in [0.05, 0.1) is 0 Å². The van der Waals surface area contributed by atoms with Crippen molar-refractivity contribution in [2.75, 3.05) is 0 Å². The molecule has 0 aromatic carbocycles. The van der Waals surface area contributed by atoms with Gasteiger partial charge in [-0.3, -0.25) is 0 Å². The molecule has 8 bridgehead atoms. The first-order chi connectivity index (χ1) is 13.9. The average molecular weight is 423 g/mol. The van der Waals surface area contributed by atoms with Gasteiger partial charge in [-0.1, -0.05) is 0 Å². The van der Waals surface area contributed by atoms with Gasteiger partial charge in [-0.25, -0.2) is 18.9 Å². The Morgan fingerprint density at radius 1 is 0.483 bits per heavy atom. The Kier molecular flexibility index (Phi) is 3.87. The Morgan fingerprint density at radius 3 is 1.10 bits per heavy atom. The second kappa shape index (κ2) is 6.06. The zero-order valence-electron chi connectivity index (χ0n) is 17.6. The highest BCUT2D eigenvalue weighted by molar-refractivity contribution is 6.64. The van der Waals surface area contributed by atoms with E-state index < -0.39 is 20.1 Å². The van der Waals surface area contributed by atoms with Crippen molar-refractivity contribution in [3.05, 3.63) is 0 Å². The van der Waals surface area contributed by atoms with Gasteiger partial charge >= 0.3 is 8.56 Å². The van der Waals surface area contributed by atoms with E-state index in [2.05, 4.69) is 0 Å². The van der Waals surface area contributed by atoms with E-state index in [-0.39, 0.29) is 0 Å². The van der Waals surface area contributed by atoms with Crippen molar-refractivity contribution >= 4 is 8.56 Å². The molecule has 162 valence electrons. The zero-order chi connectivity index (χ0) is 19.4. The van der Waals surface area contributed by atoms with Gasteiger partial charge in [-0.2, -0.15) is 9.78 Å². The van der Waals surface area contributed by atoms with Crippen LogP contribution >= 0.6 is 0 Å². The first kappa shape index (κ1) is 18.5. The van der Waals surface area contributed by atoms with Crippen LogP contribution in [0.3, 0.4) is 0 Å². The van der Waals surface area contributed by atoms with Crippen molar-refractivity contribution in [3.63, 3.8) is 0 Å². The van der Waals surface area contributed by atoms with Crippen molar-refractivity contribution in [3.8, 4) is 0 Å². The molecule has 1 aliphatic heterocycles. The first-order valence-corrected chi connectivity index (χ1v) is 14.9. The predicted octanol–water partition coefficient (Wildman–Crippen LogP) is 4.85. The maximum absolute atomic E-state index is 6.47. The molecule has 0 radical (unpaired) electrons. The van der Waals surface area contributed by atoms with Crippen LogP contribution in [0.5, 0.6) is 0 Å². The molecule has 0 amide bonds. The van der Waals surface area contributed by atoms with Crippen LogP contribution in [0.2, 0.25) is 13.1 Å². The lowest BCUT2D eigenvalue weighted by Gasteiger charge is -2.60. The molecule has 29 heavy (non-hydrogen) atoms. The lowest BCUT2D eigenvalue weighted by atomic mass is 9.53. The van der Waals surface area contributed by atoms with Crippen LogP contribution in [0.4, 0.5) is 0 Å². The highest BCUT2D eigenvalue weighted by Gasteiger charge is 2.67. The highest BCUT2D eigenvalue weighted by Crippen LogP contribution is 2.64. The number of hydrogen-bond donors (Lipinski definition) is 0. The largest absolute Gasteiger partial charge is 0.404 e. The average Bonchev–Trinajstić information content (AvgIpc) is 2.72. The summed E-state index contributed by atoms with van der Waals surface area (Å²) in [5.74, 6) is 3.04. The van der Waals surface area contributed by atoms with Crippen molar-refractivity contribution in [1.29, 1.82) is 0 Å². The number of rotatable bonds is 0. The minimum absolute atomic E-state index is 0.343. The Labute approximate surface area is 173 Å². The fourth-order valence-electron chi connectivity index (χ4n) is 8.73. The summed E-state index contributed by atoms with van der Waals surface area (Å²) >= 11 is 0. The van der Waals surface area contributed by atoms with E-state index in [9.17, 15) is 0 Å². The van der Waals surface area contributed by atoms with Gasteiger partial charge in [0.2, 0.25) is 11.6 Å². The summed E-state index contributed by atoms with van der Waals surface area (Å²) in [7, 11) is -2.64. The van der Waals surface area contributed by atoms with Gasteiger partial charge < -0.3 is 0 Å². The minimum Gasteiger partial charge on any atom is -0.246 e. The van der Waals surface area contributed by atoms with Gasteiger partial charge in [-0.05, 0) is 101 Å². The van der Waals surface area contributed by atoms with Crippen molar-refractivity contribution in [1.82, 2.24) is 0 Å². The molecule has 6 nitrogen and oxygen atoms in total. The maximum atomic E-state index is 6.47. The summed E-state index contributed by atoms with van der Waals surface area (Å²) < 4.78 is 12.0. The Bertz CT molecular complexity index is 583. The molecule has 1 heterocycles. The SMILES string of the molecule is C[Si]1(C)OOC2(OOC3(OO1)C1CC4CC(C1)CC3C4)C1CC3CC(C1)CC2C3. The summed E-state index contributed by atoms with van der Waals surface area (Å²) in [5, 5.41) is 0. The molecule has 7 heteroatoms. The summed E-state index contributed by atoms with van der Waals surface area (Å²) in [6.45, 7) is 3.98. The molecule has 0 atom stereocenters. The van der Waals surface area contributed by atoms with E-state index in [4.69, 9.17) is 28.7 Å². The van der Waals surface area contributed by atoms with Gasteiger partial charge in [0.1, 0.15) is 0 Å². The van der Waals surface area contributed by atoms with Crippen LogP contribution in [0.1, 0.15) is 64.2 Å². The van der Waals surface area contributed by atoms with Crippen molar-refractivity contribution in [2.24, 2.45) is 47.3 Å². The van der Waals surface area contributed by atoms with Crippen LogP contribution in [-0.2, 0) is 28.7 Å². The quantitative estimate of drug-likeness (QED) is 0.411. The third kappa shape index (κ3) is 2.61. The Balaban J connectivity index is 1.25. The molecular formula is C22H34O6Si. The molecule has 0 aromatic rings. The van der Waals surface area contributed by atoms with E-state index in [1.165, 1.54) is 12.8 Å². The van der Waals surface area contributed by atoms with E-state index in [0.717, 1.165) is 75.0 Å². The highest BCUT2D eigenvalue weighted by atomic mass is 28.4. The zero-order valence-corrected chi connectivity index (χ0v) is 18.6. The monoisotopic (exact) mass is 422 g/mol. The standard InChI is InChI=1S/C22H34O6Si/c1-29(2)27-25-21(17-5-13-3-14(7-17)8-18(21)6-13)23-24-22(26-28-29)19-9-15-4-16(11-19)12-20(22)10-15/h13-20H,3-12H2,1-2H3. The van der Waals surface area contributed by atoms with Gasteiger partial charge in [0.15, 0.2) is 0 Å². The predicted molar refractivity (Wildman–Crippen MR) is 104 cm³/mol. The fraction of sp³-hybridized carbons (Fsp3) is 1.00. The van der Waals surface area contributed by atoms with Crippen LogP contribution < -0.4 is 0 Å². The molecule has 9 fully saturated rings. The van der Waals surface area contributed by atoms with Crippen LogP contribution in [0.15, 0.2) is 0 Å². The Morgan fingerprint density at radius 2 is 0.793 bits per heavy atom. The Hall–Kier alpha value is -0.0231. The molecule has 8 aliphatic carbocycles. The second-order valence-electron chi connectivity index (χ2n) is 12.0. The van der Waals surface area contributed by atoms with E-state index in [1.54, 1.807) is 0 Å². The van der Waals surface area contributed by atoms with Gasteiger partial charge in [0.25, 0.3) is 0 Å². The van der Waals surface area contributed by atoms with Crippen LogP contribution in [-0.4, -0.2) is 20.1 Å². The molecule has 0 N–H and O–H groups in total. The molecular weight excluding hydrogens is 388 g/mol. The summed E-state index contributed by atoms with van der Waals surface area (Å²) in [5.41, 5.74) is 0. The van der Waals surface area contributed by atoms with E-state index >= 15 is 0 Å². The molecule has 1 saturated heterocycles. The molecule has 2 spiro atoms. The summed E-state index contributed by atoms with van der Waals surface area (Å²) in [6.07, 6.45) is 12.0. The normalized spacial score (nSPS) is 59.8. The van der Waals surface area contributed by atoms with E-state index in [0.29, 0.717) is 23.7 Å². The van der Waals surface area contributed by atoms with Gasteiger partial charge in [0, 0.05) is 23.7 Å². The third-order valence-corrected chi connectivity index (χ3v) is 10.6. The number of hydrogen-bond acceptors (Lipinski definition) is 6. The van der Waals surface area contributed by atoms with Crippen LogP contribution in [0, 0.1) is 47.3 Å². The molecule has 0 unspecified atom stereocenters. The van der Waals surface area contributed by atoms with Crippen LogP contribution in [0.25, 0.3) is 0 Å². The third-order valence-electron chi connectivity index (χ3n) is 9.60. The lowest BCUT2D eigenvalue weighted by molar-refractivity contribution is -0.594. The summed E-state index contributed by atoms with van der Waals surface area (Å²) in [6, 6.07) is 0. The maximum Gasteiger partial charge on any atom is 0.404 e. The second-order valence-corrected chi connectivity index (χ2v) is 15.1. The molecule has 9 rings (SSSR count). The minimum atomic E-state index is -2.64. The van der Waals surface area contributed by atoms with Crippen molar-refractivity contribution in [2.45, 2.75) is 88.9 Å². The lowest BCUT2D eigenvalue weighted by Crippen LogP contribution is -2.64. The topological polar surface area (TPSA) is 55.4 Å². The smallest absolute Gasteiger partial charge is 0.246 e.